The molecule has 8 heteroatoms. The van der Waals surface area contributed by atoms with Crippen molar-refractivity contribution in [1.82, 2.24) is 15.0 Å². The fourth-order valence-corrected chi connectivity index (χ4v) is 3.19. The summed E-state index contributed by atoms with van der Waals surface area (Å²) in [5.74, 6) is 0.949. The minimum Gasteiger partial charge on any atom is -0.393 e. The number of aromatic nitrogens is 3. The van der Waals surface area contributed by atoms with E-state index >= 15 is 0 Å². The van der Waals surface area contributed by atoms with Crippen molar-refractivity contribution in [2.75, 3.05) is 17.2 Å². The minimum atomic E-state index is -0.963. The Labute approximate surface area is 163 Å². The van der Waals surface area contributed by atoms with Gasteiger partial charge in [0.1, 0.15) is 18.7 Å². The van der Waals surface area contributed by atoms with Crippen LogP contribution >= 0.6 is 0 Å². The molecule has 1 atom stereocenters. The first-order valence-corrected chi connectivity index (χ1v) is 9.79. The number of halogens is 2. The molecule has 2 heterocycles. The summed E-state index contributed by atoms with van der Waals surface area (Å²) >= 11 is 0. The van der Waals surface area contributed by atoms with E-state index in [0.29, 0.717) is 35.0 Å². The summed E-state index contributed by atoms with van der Waals surface area (Å²) in [5.41, 5.74) is 1.85. The lowest BCUT2D eigenvalue weighted by atomic mass is 9.93. The number of rotatable bonds is 8. The maximum Gasteiger partial charge on any atom is 0.224 e. The normalized spacial score (nSPS) is 20.6. The van der Waals surface area contributed by atoms with Gasteiger partial charge in [-0.25, -0.2) is 13.8 Å². The Balaban J connectivity index is 1.83. The van der Waals surface area contributed by atoms with Gasteiger partial charge in [0.05, 0.1) is 17.4 Å². The van der Waals surface area contributed by atoms with E-state index in [0.717, 1.165) is 25.7 Å². The van der Waals surface area contributed by atoms with E-state index < -0.39 is 12.8 Å². The van der Waals surface area contributed by atoms with Crippen molar-refractivity contribution in [3.8, 4) is 11.3 Å². The van der Waals surface area contributed by atoms with E-state index in [1.165, 1.54) is 6.20 Å². The molecular formula is C20H27F2N5O. The molecule has 0 bridgehead atoms. The molecule has 0 amide bonds. The van der Waals surface area contributed by atoms with Crippen molar-refractivity contribution in [3.05, 3.63) is 30.1 Å². The van der Waals surface area contributed by atoms with Crippen LogP contribution in [0.2, 0.25) is 0 Å². The Morgan fingerprint density at radius 3 is 2.61 bits per heavy atom. The minimum absolute atomic E-state index is 0.147. The third-order valence-electron chi connectivity index (χ3n) is 5.01. The number of anilines is 2. The van der Waals surface area contributed by atoms with Crippen LogP contribution < -0.4 is 10.6 Å². The number of pyridine rings is 1. The molecule has 0 aliphatic heterocycles. The van der Waals surface area contributed by atoms with Crippen LogP contribution in [-0.2, 0) is 6.67 Å². The predicted molar refractivity (Wildman–Crippen MR) is 106 cm³/mol. The van der Waals surface area contributed by atoms with Gasteiger partial charge in [0.25, 0.3) is 0 Å². The van der Waals surface area contributed by atoms with Crippen LogP contribution in [0.5, 0.6) is 0 Å². The third kappa shape index (κ3) is 5.34. The van der Waals surface area contributed by atoms with Crippen LogP contribution in [-0.4, -0.2) is 44.9 Å². The monoisotopic (exact) mass is 391 g/mol. The Morgan fingerprint density at radius 2 is 1.96 bits per heavy atom. The molecule has 0 unspecified atom stereocenters. The second kappa shape index (κ2) is 9.73. The second-order valence-corrected chi connectivity index (χ2v) is 7.18. The third-order valence-corrected chi connectivity index (χ3v) is 5.01. The van der Waals surface area contributed by atoms with Crippen LogP contribution in [0.3, 0.4) is 0 Å². The van der Waals surface area contributed by atoms with Crippen molar-refractivity contribution in [3.63, 3.8) is 0 Å². The van der Waals surface area contributed by atoms with Gasteiger partial charge in [-0.3, -0.25) is 4.98 Å². The maximum absolute atomic E-state index is 13.5. The molecule has 28 heavy (non-hydrogen) atoms. The van der Waals surface area contributed by atoms with E-state index in [1.54, 1.807) is 25.3 Å². The molecule has 6 nitrogen and oxygen atoms in total. The molecule has 2 aromatic rings. The van der Waals surface area contributed by atoms with Gasteiger partial charge in [-0.05, 0) is 38.2 Å². The van der Waals surface area contributed by atoms with Crippen LogP contribution in [0.1, 0.15) is 44.6 Å². The quantitative estimate of drug-likeness (QED) is 0.633. The van der Waals surface area contributed by atoms with Crippen LogP contribution in [0.15, 0.2) is 24.5 Å². The maximum atomic E-state index is 13.5. The largest absolute Gasteiger partial charge is 0.393 e. The molecule has 1 fully saturated rings. The summed E-state index contributed by atoms with van der Waals surface area (Å²) in [5, 5.41) is 16.1. The summed E-state index contributed by atoms with van der Waals surface area (Å²) in [6.45, 7) is 1.37. The molecule has 3 rings (SSSR count). The van der Waals surface area contributed by atoms with Crippen molar-refractivity contribution in [2.24, 2.45) is 0 Å². The Kier molecular flexibility index (Phi) is 7.08. The van der Waals surface area contributed by atoms with Gasteiger partial charge >= 0.3 is 0 Å². The summed E-state index contributed by atoms with van der Waals surface area (Å²) in [4.78, 5) is 13.1. The number of aliphatic hydroxyl groups is 1. The van der Waals surface area contributed by atoms with Crippen LogP contribution in [0.4, 0.5) is 20.5 Å². The Bertz CT molecular complexity index is 751. The molecule has 1 aliphatic rings. The van der Waals surface area contributed by atoms with E-state index in [-0.39, 0.29) is 18.7 Å². The van der Waals surface area contributed by atoms with Crippen LogP contribution in [0.25, 0.3) is 11.3 Å². The van der Waals surface area contributed by atoms with Crippen molar-refractivity contribution < 1.29 is 13.9 Å². The van der Waals surface area contributed by atoms with E-state index in [9.17, 15) is 13.9 Å². The second-order valence-electron chi connectivity index (χ2n) is 7.18. The standard InChI is InChI=1S/C20H27F2N5O/c1-2-14(22)11-24-20-25-12-17(18-8-3-13(9-21)10-23-18)19(27-20)26-15-4-6-16(28)7-5-15/h3,8,10,12,14-16,28H,2,4-7,9,11H2,1H3,(H2,24,25,26,27)/t14-,15-,16-/m0/s1. The average molecular weight is 391 g/mol. The summed E-state index contributed by atoms with van der Waals surface area (Å²) in [6.07, 6.45) is 5.52. The fraction of sp³-hybridized carbons (Fsp3) is 0.550. The Hall–Kier alpha value is -2.35. The molecule has 0 spiro atoms. The van der Waals surface area contributed by atoms with Gasteiger partial charge in [-0.1, -0.05) is 13.0 Å². The number of nitrogens with zero attached hydrogens (tertiary/aromatic N) is 3. The van der Waals surface area contributed by atoms with Crippen molar-refractivity contribution in [2.45, 2.75) is 64.0 Å². The number of hydrogen-bond donors (Lipinski definition) is 3. The molecule has 0 aromatic carbocycles. The number of aliphatic hydroxyl groups excluding tert-OH is 1. The fourth-order valence-electron chi connectivity index (χ4n) is 3.19. The zero-order valence-electron chi connectivity index (χ0n) is 16.0. The molecule has 3 N–H and O–H groups in total. The molecule has 1 aliphatic carbocycles. The first kappa shape index (κ1) is 20.4. The van der Waals surface area contributed by atoms with Gasteiger partial charge in [-0.15, -0.1) is 0 Å². The van der Waals surface area contributed by atoms with Gasteiger partial charge in [0, 0.05) is 30.5 Å². The lowest BCUT2D eigenvalue weighted by Gasteiger charge is -2.27. The van der Waals surface area contributed by atoms with E-state index in [1.807, 2.05) is 0 Å². The zero-order valence-corrected chi connectivity index (χ0v) is 16.0. The highest BCUT2D eigenvalue weighted by Gasteiger charge is 2.21. The van der Waals surface area contributed by atoms with Gasteiger partial charge in [-0.2, -0.15) is 4.98 Å². The highest BCUT2D eigenvalue weighted by molar-refractivity contribution is 5.72. The summed E-state index contributed by atoms with van der Waals surface area (Å²) in [6, 6.07) is 3.61. The van der Waals surface area contributed by atoms with Crippen LogP contribution in [0, 0.1) is 0 Å². The van der Waals surface area contributed by atoms with E-state index in [2.05, 4.69) is 25.6 Å². The summed E-state index contributed by atoms with van der Waals surface area (Å²) in [7, 11) is 0. The lowest BCUT2D eigenvalue weighted by Crippen LogP contribution is -2.29. The zero-order chi connectivity index (χ0) is 19.9. The predicted octanol–water partition coefficient (Wildman–Crippen LogP) is 3.88. The average Bonchev–Trinajstić information content (AvgIpc) is 2.74. The molecule has 152 valence electrons. The summed E-state index contributed by atoms with van der Waals surface area (Å²) < 4.78 is 26.3. The van der Waals surface area contributed by atoms with Crippen molar-refractivity contribution in [1.29, 1.82) is 0 Å². The molecular weight excluding hydrogens is 364 g/mol. The highest BCUT2D eigenvalue weighted by atomic mass is 19.1. The number of nitrogens with one attached hydrogen (secondary N) is 2. The first-order valence-electron chi connectivity index (χ1n) is 9.79. The molecule has 1 saturated carbocycles. The molecule has 2 aromatic heterocycles. The van der Waals surface area contributed by atoms with E-state index in [4.69, 9.17) is 0 Å². The Morgan fingerprint density at radius 1 is 1.18 bits per heavy atom. The molecule has 0 saturated heterocycles. The van der Waals surface area contributed by atoms with Gasteiger partial charge in [0.2, 0.25) is 5.95 Å². The SMILES string of the molecule is CC[C@H](F)CNc1ncc(-c2ccc(CF)cn2)c(N[C@H]2CC[C@H](O)CC2)n1. The van der Waals surface area contributed by atoms with Gasteiger partial charge in [0.15, 0.2) is 0 Å². The lowest BCUT2D eigenvalue weighted by molar-refractivity contribution is 0.126. The highest BCUT2D eigenvalue weighted by Crippen LogP contribution is 2.29. The van der Waals surface area contributed by atoms with Crippen molar-refractivity contribution >= 4 is 11.8 Å². The van der Waals surface area contributed by atoms with Gasteiger partial charge < -0.3 is 15.7 Å². The number of hydrogen-bond acceptors (Lipinski definition) is 6. The first-order chi connectivity index (χ1) is 13.6. The topological polar surface area (TPSA) is 83.0 Å². The number of alkyl halides is 2. The smallest absolute Gasteiger partial charge is 0.224 e. The molecule has 0 radical (unpaired) electrons.